The molecule has 1 fully saturated rings. The fourth-order valence-corrected chi connectivity index (χ4v) is 2.54. The van der Waals surface area contributed by atoms with Crippen LogP contribution in [0.15, 0.2) is 24.3 Å². The number of hydrogen-bond donors (Lipinski definition) is 1. The van der Waals surface area contributed by atoms with Crippen molar-refractivity contribution < 1.29 is 14.2 Å². The minimum atomic E-state index is -0.273. The van der Waals surface area contributed by atoms with E-state index >= 15 is 0 Å². The van der Waals surface area contributed by atoms with Crippen molar-refractivity contribution in [3.8, 4) is 5.75 Å². The molecule has 3 nitrogen and oxygen atoms in total. The lowest BCUT2D eigenvalue weighted by Gasteiger charge is -2.33. The Kier molecular flexibility index (Phi) is 5.16. The summed E-state index contributed by atoms with van der Waals surface area (Å²) in [6, 6.07) is 6.21. The van der Waals surface area contributed by atoms with Gasteiger partial charge in [0.05, 0.1) is 6.10 Å². The summed E-state index contributed by atoms with van der Waals surface area (Å²) in [5.74, 6) is 0.664. The van der Waals surface area contributed by atoms with Crippen molar-refractivity contribution >= 4 is 0 Å². The van der Waals surface area contributed by atoms with E-state index in [9.17, 15) is 9.50 Å². The first kappa shape index (κ1) is 14.3. The highest BCUT2D eigenvalue weighted by Crippen LogP contribution is 2.19. The second kappa shape index (κ2) is 6.87. The molecule has 0 bridgehead atoms. The fraction of sp³-hybridized carbons (Fsp3) is 0.600. The third-order valence-corrected chi connectivity index (χ3v) is 3.70. The van der Waals surface area contributed by atoms with E-state index in [0.29, 0.717) is 18.3 Å². The van der Waals surface area contributed by atoms with Crippen LogP contribution in [0.5, 0.6) is 5.75 Å². The fourth-order valence-electron chi connectivity index (χ4n) is 2.54. The largest absolute Gasteiger partial charge is 0.492 e. The number of aliphatic hydroxyl groups is 1. The van der Waals surface area contributed by atoms with Gasteiger partial charge in [-0.25, -0.2) is 4.39 Å². The molecule has 2 atom stereocenters. The maximum atomic E-state index is 13.0. The van der Waals surface area contributed by atoms with Gasteiger partial charge >= 0.3 is 0 Å². The Bertz CT molecular complexity index is 397. The Hall–Kier alpha value is -1.13. The van der Waals surface area contributed by atoms with E-state index < -0.39 is 0 Å². The Balaban J connectivity index is 1.73. The zero-order valence-electron chi connectivity index (χ0n) is 11.4. The smallest absolute Gasteiger partial charge is 0.126 e. The molecule has 1 aliphatic heterocycles. The van der Waals surface area contributed by atoms with Crippen molar-refractivity contribution in [2.75, 3.05) is 26.2 Å². The van der Waals surface area contributed by atoms with E-state index in [1.807, 2.05) is 6.92 Å². The molecule has 1 aromatic rings. The Morgan fingerprint density at radius 2 is 2.37 bits per heavy atom. The average molecular weight is 267 g/mol. The Morgan fingerprint density at radius 1 is 1.53 bits per heavy atom. The topological polar surface area (TPSA) is 32.7 Å². The van der Waals surface area contributed by atoms with Gasteiger partial charge in [-0.2, -0.15) is 0 Å². The number of piperidine rings is 1. The van der Waals surface area contributed by atoms with Crippen LogP contribution >= 0.6 is 0 Å². The normalized spacial score (nSPS) is 22.2. The lowest BCUT2D eigenvalue weighted by molar-refractivity contribution is 0.0573. The number of ether oxygens (including phenoxy) is 1. The molecule has 1 aliphatic rings. The summed E-state index contributed by atoms with van der Waals surface area (Å²) < 4.78 is 18.5. The average Bonchev–Trinajstić information content (AvgIpc) is 2.39. The van der Waals surface area contributed by atoms with Crippen LogP contribution < -0.4 is 4.74 Å². The van der Waals surface area contributed by atoms with Crippen LogP contribution in [0.4, 0.5) is 4.39 Å². The van der Waals surface area contributed by atoms with Crippen molar-refractivity contribution in [3.63, 3.8) is 0 Å². The van der Waals surface area contributed by atoms with Crippen LogP contribution in [0.3, 0.4) is 0 Å². The third-order valence-electron chi connectivity index (χ3n) is 3.70. The number of benzene rings is 1. The molecule has 2 rings (SSSR count). The quantitative estimate of drug-likeness (QED) is 0.888. The lowest BCUT2D eigenvalue weighted by atomic mass is 9.93. The number of halogens is 1. The summed E-state index contributed by atoms with van der Waals surface area (Å²) in [4.78, 5) is 2.31. The predicted molar refractivity (Wildman–Crippen MR) is 72.7 cm³/mol. The zero-order valence-corrected chi connectivity index (χ0v) is 11.4. The van der Waals surface area contributed by atoms with Crippen LogP contribution in [-0.2, 0) is 0 Å². The molecule has 4 heteroatoms. The molecule has 2 unspecified atom stereocenters. The van der Waals surface area contributed by atoms with Gasteiger partial charge in [0.2, 0.25) is 0 Å². The number of nitrogens with zero attached hydrogens (tertiary/aromatic N) is 1. The van der Waals surface area contributed by atoms with E-state index in [4.69, 9.17) is 4.74 Å². The minimum absolute atomic E-state index is 0.244. The molecule has 19 heavy (non-hydrogen) atoms. The van der Waals surface area contributed by atoms with E-state index in [2.05, 4.69) is 4.90 Å². The van der Waals surface area contributed by atoms with Crippen molar-refractivity contribution in [2.45, 2.75) is 25.9 Å². The van der Waals surface area contributed by atoms with Crippen molar-refractivity contribution in [3.05, 3.63) is 30.1 Å². The lowest BCUT2D eigenvalue weighted by Crippen LogP contribution is -2.41. The summed E-state index contributed by atoms with van der Waals surface area (Å²) in [6.07, 6.45) is 1.97. The zero-order chi connectivity index (χ0) is 13.7. The second-order valence-electron chi connectivity index (χ2n) is 5.25. The SMILES string of the molecule is CC(O)C1CCCN(CCOc2cccc(F)c2)C1. The van der Waals surface area contributed by atoms with E-state index in [-0.39, 0.29) is 11.9 Å². The molecule has 0 saturated carbocycles. The molecular formula is C15H22FNO2. The van der Waals surface area contributed by atoms with Crippen molar-refractivity contribution in [1.29, 1.82) is 0 Å². The third kappa shape index (κ3) is 4.48. The molecule has 1 saturated heterocycles. The molecule has 1 N–H and O–H groups in total. The molecule has 0 spiro atoms. The van der Waals surface area contributed by atoms with Gasteiger partial charge in [-0.15, -0.1) is 0 Å². The number of hydrogen-bond acceptors (Lipinski definition) is 3. The minimum Gasteiger partial charge on any atom is -0.492 e. The van der Waals surface area contributed by atoms with E-state index in [1.54, 1.807) is 12.1 Å². The van der Waals surface area contributed by atoms with Gasteiger partial charge in [-0.05, 0) is 44.4 Å². The molecule has 0 aromatic heterocycles. The van der Waals surface area contributed by atoms with Gasteiger partial charge in [-0.3, -0.25) is 4.90 Å². The molecular weight excluding hydrogens is 245 g/mol. The second-order valence-corrected chi connectivity index (χ2v) is 5.25. The highest BCUT2D eigenvalue weighted by Gasteiger charge is 2.22. The van der Waals surface area contributed by atoms with Crippen LogP contribution in [-0.4, -0.2) is 42.4 Å². The van der Waals surface area contributed by atoms with Gasteiger partial charge in [0, 0.05) is 19.2 Å². The summed E-state index contributed by atoms with van der Waals surface area (Å²) in [5, 5.41) is 9.63. The van der Waals surface area contributed by atoms with Gasteiger partial charge in [-0.1, -0.05) is 6.07 Å². The number of likely N-dealkylation sites (tertiary alicyclic amines) is 1. The first-order valence-electron chi connectivity index (χ1n) is 6.94. The van der Waals surface area contributed by atoms with Gasteiger partial charge < -0.3 is 9.84 Å². The van der Waals surface area contributed by atoms with Crippen LogP contribution in [0.1, 0.15) is 19.8 Å². The van der Waals surface area contributed by atoms with Crippen molar-refractivity contribution in [2.24, 2.45) is 5.92 Å². The molecule has 1 aromatic carbocycles. The van der Waals surface area contributed by atoms with Crippen LogP contribution in [0.25, 0.3) is 0 Å². The number of rotatable bonds is 5. The maximum absolute atomic E-state index is 13.0. The molecule has 0 radical (unpaired) electrons. The molecule has 0 aliphatic carbocycles. The Labute approximate surface area is 114 Å². The first-order valence-corrected chi connectivity index (χ1v) is 6.94. The maximum Gasteiger partial charge on any atom is 0.126 e. The highest BCUT2D eigenvalue weighted by atomic mass is 19.1. The first-order chi connectivity index (χ1) is 9.15. The summed E-state index contributed by atoms with van der Waals surface area (Å²) in [7, 11) is 0. The predicted octanol–water partition coefficient (Wildman–Crippen LogP) is 2.30. The van der Waals surface area contributed by atoms with Crippen LogP contribution in [0.2, 0.25) is 0 Å². The van der Waals surface area contributed by atoms with Crippen LogP contribution in [0, 0.1) is 11.7 Å². The standard InChI is InChI=1S/C15H22FNO2/c1-12(18)13-4-3-7-17(11-13)8-9-19-15-6-2-5-14(16)10-15/h2,5-6,10,12-13,18H,3-4,7-9,11H2,1H3. The monoisotopic (exact) mass is 267 g/mol. The summed E-state index contributed by atoms with van der Waals surface area (Å²) in [5.41, 5.74) is 0. The molecule has 1 heterocycles. The van der Waals surface area contributed by atoms with E-state index in [0.717, 1.165) is 32.5 Å². The summed E-state index contributed by atoms with van der Waals surface area (Å²) in [6.45, 7) is 5.20. The van der Waals surface area contributed by atoms with Gasteiger partial charge in [0.15, 0.2) is 0 Å². The van der Waals surface area contributed by atoms with Gasteiger partial charge in [0.25, 0.3) is 0 Å². The van der Waals surface area contributed by atoms with Crippen molar-refractivity contribution in [1.82, 2.24) is 4.90 Å². The van der Waals surface area contributed by atoms with Gasteiger partial charge in [0.1, 0.15) is 18.2 Å². The van der Waals surface area contributed by atoms with E-state index in [1.165, 1.54) is 12.1 Å². The highest BCUT2D eigenvalue weighted by molar-refractivity contribution is 5.22. The Morgan fingerprint density at radius 3 is 3.11 bits per heavy atom. The molecule has 0 amide bonds. The number of aliphatic hydroxyl groups excluding tert-OH is 1. The molecule has 106 valence electrons. The summed E-state index contributed by atoms with van der Waals surface area (Å²) >= 11 is 0.